The monoisotopic (exact) mass is 397 g/mol. The van der Waals surface area contributed by atoms with E-state index in [0.29, 0.717) is 22.4 Å². The molecule has 0 atom stereocenters. The van der Waals surface area contributed by atoms with E-state index in [2.05, 4.69) is 10.1 Å². The second-order valence-electron chi connectivity index (χ2n) is 6.39. The number of nitro groups is 1. The summed E-state index contributed by atoms with van der Waals surface area (Å²) in [5.74, 6) is -0.597. The van der Waals surface area contributed by atoms with Gasteiger partial charge in [0.25, 0.3) is 5.69 Å². The average molecular weight is 397 g/mol. The maximum atomic E-state index is 12.7. The van der Waals surface area contributed by atoms with E-state index < -0.39 is 10.9 Å². The van der Waals surface area contributed by atoms with Crippen molar-refractivity contribution in [3.05, 3.63) is 118 Å². The lowest BCUT2D eigenvalue weighted by atomic mass is 10.0. The summed E-state index contributed by atoms with van der Waals surface area (Å²) in [6.07, 6.45) is 3.17. The van der Waals surface area contributed by atoms with Gasteiger partial charge in [0.1, 0.15) is 5.71 Å². The lowest BCUT2D eigenvalue weighted by molar-refractivity contribution is -0.384. The first kappa shape index (κ1) is 18.9. The number of carbonyl (C=O) groups excluding carboxylic acids is 1. The number of hydrogen-bond acceptors (Lipinski definition) is 6. The van der Waals surface area contributed by atoms with Gasteiger partial charge in [-0.1, -0.05) is 41.6 Å². The van der Waals surface area contributed by atoms with Gasteiger partial charge in [0.05, 0.1) is 10.5 Å². The Labute approximate surface area is 171 Å². The number of aromatic nitrogens is 1. The number of benzene rings is 3. The first-order chi connectivity index (χ1) is 14.6. The molecule has 30 heavy (non-hydrogen) atoms. The van der Waals surface area contributed by atoms with Crippen molar-refractivity contribution in [2.24, 2.45) is 5.16 Å². The van der Waals surface area contributed by atoms with Gasteiger partial charge in [0.15, 0.2) is 0 Å². The van der Waals surface area contributed by atoms with Crippen molar-refractivity contribution in [3.8, 4) is 0 Å². The molecule has 0 amide bonds. The van der Waals surface area contributed by atoms with Gasteiger partial charge >= 0.3 is 5.97 Å². The van der Waals surface area contributed by atoms with Crippen LogP contribution in [0.3, 0.4) is 0 Å². The quantitative estimate of drug-likeness (QED) is 0.210. The predicted molar refractivity (Wildman–Crippen MR) is 112 cm³/mol. The zero-order chi connectivity index (χ0) is 20.9. The van der Waals surface area contributed by atoms with Crippen molar-refractivity contribution in [3.63, 3.8) is 0 Å². The van der Waals surface area contributed by atoms with Crippen LogP contribution < -0.4 is 0 Å². The summed E-state index contributed by atoms with van der Waals surface area (Å²) in [5.41, 5.74) is 1.94. The molecule has 0 fully saturated rings. The van der Waals surface area contributed by atoms with Gasteiger partial charge in [0.2, 0.25) is 0 Å². The molecule has 146 valence electrons. The van der Waals surface area contributed by atoms with Gasteiger partial charge in [-0.05, 0) is 41.1 Å². The third-order valence-electron chi connectivity index (χ3n) is 4.53. The summed E-state index contributed by atoms with van der Waals surface area (Å²) in [6, 6.07) is 22.2. The molecule has 4 aromatic rings. The lowest BCUT2D eigenvalue weighted by Gasteiger charge is -2.08. The molecule has 3 aromatic carbocycles. The van der Waals surface area contributed by atoms with Crippen molar-refractivity contribution in [2.45, 2.75) is 0 Å². The third kappa shape index (κ3) is 3.90. The van der Waals surface area contributed by atoms with Crippen LogP contribution in [0, 0.1) is 10.1 Å². The highest BCUT2D eigenvalue weighted by Gasteiger charge is 2.15. The summed E-state index contributed by atoms with van der Waals surface area (Å²) in [4.78, 5) is 32.5. The molecular formula is C23H15N3O4. The minimum Gasteiger partial charge on any atom is -0.312 e. The molecule has 0 aliphatic heterocycles. The molecule has 0 aliphatic rings. The van der Waals surface area contributed by atoms with E-state index in [9.17, 15) is 14.9 Å². The van der Waals surface area contributed by atoms with Crippen molar-refractivity contribution in [1.29, 1.82) is 0 Å². The number of rotatable bonds is 5. The van der Waals surface area contributed by atoms with Gasteiger partial charge < -0.3 is 4.84 Å². The number of non-ortho nitro benzene ring substituents is 1. The number of carbonyl (C=O) groups is 1. The first-order valence-electron chi connectivity index (χ1n) is 9.06. The van der Waals surface area contributed by atoms with E-state index in [0.717, 1.165) is 10.8 Å². The van der Waals surface area contributed by atoms with Gasteiger partial charge in [-0.15, -0.1) is 0 Å². The standard InChI is InChI=1S/C23H15N3O4/c27-23(21-7-3-5-16-4-1-2-6-20(16)21)30-25-22(18-12-14-24-15-13-18)17-8-10-19(11-9-17)26(28)29/h1-15H/b25-22-. The molecule has 0 saturated heterocycles. The van der Waals surface area contributed by atoms with E-state index in [4.69, 9.17) is 4.84 Å². The van der Waals surface area contributed by atoms with Crippen molar-refractivity contribution in [1.82, 2.24) is 4.98 Å². The largest absolute Gasteiger partial charge is 0.366 e. The van der Waals surface area contributed by atoms with E-state index in [1.807, 2.05) is 30.3 Å². The lowest BCUT2D eigenvalue weighted by Crippen LogP contribution is -2.08. The maximum Gasteiger partial charge on any atom is 0.366 e. The normalized spacial score (nSPS) is 11.3. The molecule has 4 rings (SSSR count). The third-order valence-corrected chi connectivity index (χ3v) is 4.53. The van der Waals surface area contributed by atoms with Crippen LogP contribution in [0.1, 0.15) is 21.5 Å². The number of oxime groups is 1. The zero-order valence-electron chi connectivity index (χ0n) is 15.6. The highest BCUT2D eigenvalue weighted by Crippen LogP contribution is 2.20. The Balaban J connectivity index is 1.70. The summed E-state index contributed by atoms with van der Waals surface area (Å²) in [7, 11) is 0. The van der Waals surface area contributed by atoms with E-state index in [1.165, 1.54) is 12.1 Å². The smallest absolute Gasteiger partial charge is 0.312 e. The van der Waals surface area contributed by atoms with Gasteiger partial charge in [0, 0.05) is 35.7 Å². The molecule has 1 aromatic heterocycles. The zero-order valence-corrected chi connectivity index (χ0v) is 15.6. The molecule has 0 unspecified atom stereocenters. The first-order valence-corrected chi connectivity index (χ1v) is 9.06. The molecule has 0 N–H and O–H groups in total. The molecule has 7 heteroatoms. The topological polar surface area (TPSA) is 94.7 Å². The molecule has 0 bridgehead atoms. The van der Waals surface area contributed by atoms with Gasteiger partial charge in [-0.25, -0.2) is 4.79 Å². The van der Waals surface area contributed by atoms with Crippen LogP contribution in [0.25, 0.3) is 10.8 Å². The van der Waals surface area contributed by atoms with Crippen LogP contribution >= 0.6 is 0 Å². The fraction of sp³-hybridized carbons (Fsp3) is 0. The van der Waals surface area contributed by atoms with Crippen LogP contribution in [0.4, 0.5) is 5.69 Å². The summed E-state index contributed by atoms with van der Waals surface area (Å²) < 4.78 is 0. The van der Waals surface area contributed by atoms with Gasteiger partial charge in [-0.2, -0.15) is 0 Å². The van der Waals surface area contributed by atoms with E-state index in [1.54, 1.807) is 48.8 Å². The van der Waals surface area contributed by atoms with E-state index in [-0.39, 0.29) is 5.69 Å². The van der Waals surface area contributed by atoms with Crippen molar-refractivity contribution < 1.29 is 14.6 Å². The molecule has 7 nitrogen and oxygen atoms in total. The van der Waals surface area contributed by atoms with Crippen LogP contribution in [-0.4, -0.2) is 21.6 Å². The highest BCUT2D eigenvalue weighted by molar-refractivity contribution is 6.13. The Morgan fingerprint density at radius 2 is 1.53 bits per heavy atom. The molecular weight excluding hydrogens is 382 g/mol. The Kier molecular flexibility index (Phi) is 5.25. The molecule has 0 radical (unpaired) electrons. The van der Waals surface area contributed by atoms with Crippen LogP contribution in [0.5, 0.6) is 0 Å². The van der Waals surface area contributed by atoms with Crippen molar-refractivity contribution in [2.75, 3.05) is 0 Å². The Morgan fingerprint density at radius 1 is 0.867 bits per heavy atom. The number of nitrogens with zero attached hydrogens (tertiary/aromatic N) is 3. The minimum atomic E-state index is -0.597. The molecule has 1 heterocycles. The van der Waals surface area contributed by atoms with Crippen LogP contribution in [-0.2, 0) is 4.84 Å². The second-order valence-corrected chi connectivity index (χ2v) is 6.39. The summed E-state index contributed by atoms with van der Waals surface area (Å²) in [6.45, 7) is 0. The predicted octanol–water partition coefficient (Wildman–Crippen LogP) is 4.75. The summed E-state index contributed by atoms with van der Waals surface area (Å²) >= 11 is 0. The Morgan fingerprint density at radius 3 is 2.27 bits per heavy atom. The number of hydrogen-bond donors (Lipinski definition) is 0. The molecule has 0 spiro atoms. The number of fused-ring (bicyclic) bond motifs is 1. The van der Waals surface area contributed by atoms with Crippen molar-refractivity contribution >= 4 is 28.1 Å². The number of nitro benzene ring substituents is 1. The molecule has 0 saturated carbocycles. The fourth-order valence-electron chi connectivity index (χ4n) is 3.06. The summed E-state index contributed by atoms with van der Waals surface area (Å²) in [5, 5.41) is 16.7. The maximum absolute atomic E-state index is 12.7. The SMILES string of the molecule is O=C(O/N=C(\c1ccncc1)c1ccc([N+](=O)[O-])cc1)c1cccc2ccccc12. The van der Waals surface area contributed by atoms with E-state index >= 15 is 0 Å². The Bertz CT molecular complexity index is 1250. The average Bonchev–Trinajstić information content (AvgIpc) is 2.79. The highest BCUT2D eigenvalue weighted by atomic mass is 16.7. The second kappa shape index (κ2) is 8.32. The van der Waals surface area contributed by atoms with Gasteiger partial charge in [-0.3, -0.25) is 15.1 Å². The van der Waals surface area contributed by atoms with Crippen LogP contribution in [0.2, 0.25) is 0 Å². The minimum absolute atomic E-state index is 0.0411. The Hall–Kier alpha value is -4.39. The van der Waals surface area contributed by atoms with Crippen LogP contribution in [0.15, 0.2) is 96.4 Å². The number of pyridine rings is 1. The fourth-order valence-corrected chi connectivity index (χ4v) is 3.06. The molecule has 0 aliphatic carbocycles.